The Labute approximate surface area is 143 Å². The van der Waals surface area contributed by atoms with Crippen LogP contribution in [0.3, 0.4) is 0 Å². The van der Waals surface area contributed by atoms with Crippen molar-refractivity contribution in [3.8, 4) is 0 Å². The van der Waals surface area contributed by atoms with Crippen LogP contribution in [-0.4, -0.2) is 74.8 Å². The highest BCUT2D eigenvalue weighted by Gasteiger charge is 2.38. The van der Waals surface area contributed by atoms with Gasteiger partial charge in [0.2, 0.25) is 11.8 Å². The molecule has 2 amide bonds. The third-order valence-electron chi connectivity index (χ3n) is 5.10. The molecule has 132 valence electrons. The monoisotopic (exact) mass is 333 g/mol. The fraction of sp³-hybridized carbons (Fsp3) is 0.706. The Balaban J connectivity index is 1.50. The summed E-state index contributed by atoms with van der Waals surface area (Å²) in [6, 6.07) is 0.171. The van der Waals surface area contributed by atoms with Gasteiger partial charge in [-0.25, -0.2) is 4.98 Å². The van der Waals surface area contributed by atoms with Crippen molar-refractivity contribution in [2.45, 2.75) is 32.9 Å². The second-order valence-electron chi connectivity index (χ2n) is 7.10. The number of nitrogens with zero attached hydrogens (tertiary/aromatic N) is 5. The summed E-state index contributed by atoms with van der Waals surface area (Å²) >= 11 is 0. The zero-order valence-corrected chi connectivity index (χ0v) is 14.8. The Kier molecular flexibility index (Phi) is 4.89. The molecule has 7 heteroatoms. The first-order chi connectivity index (χ1) is 11.5. The molecule has 2 fully saturated rings. The average molecular weight is 333 g/mol. The predicted octanol–water partition coefficient (Wildman–Crippen LogP) is 0.321. The molecular formula is C17H27N5O2. The Morgan fingerprint density at radius 1 is 1.29 bits per heavy atom. The Morgan fingerprint density at radius 3 is 2.54 bits per heavy atom. The van der Waals surface area contributed by atoms with Crippen molar-refractivity contribution in [2.75, 3.05) is 32.7 Å². The fourth-order valence-corrected chi connectivity index (χ4v) is 3.53. The maximum atomic E-state index is 12.7. The molecular weight excluding hydrogens is 306 g/mol. The molecule has 0 saturated carbocycles. The average Bonchev–Trinajstić information content (AvgIpc) is 3.14. The number of aryl methyl sites for hydroxylation is 1. The van der Waals surface area contributed by atoms with Crippen molar-refractivity contribution in [2.24, 2.45) is 13.0 Å². The number of hydrogen-bond donors (Lipinski definition) is 0. The van der Waals surface area contributed by atoms with Crippen LogP contribution in [0.1, 0.15) is 26.1 Å². The number of aromatic nitrogens is 2. The zero-order valence-electron chi connectivity index (χ0n) is 14.8. The highest BCUT2D eigenvalue weighted by atomic mass is 16.2. The molecule has 0 aliphatic carbocycles. The van der Waals surface area contributed by atoms with Crippen LogP contribution < -0.4 is 0 Å². The first kappa shape index (κ1) is 17.0. The van der Waals surface area contributed by atoms with Crippen LogP contribution in [0, 0.1) is 5.92 Å². The SMILES string of the molecule is CC(C)N1C[C@H](C(=O)N2CCN(Cc3nccn3C)CC2)CC1=O. The number of rotatable bonds is 4. The van der Waals surface area contributed by atoms with Crippen LogP contribution >= 0.6 is 0 Å². The van der Waals surface area contributed by atoms with Gasteiger partial charge in [0.1, 0.15) is 5.82 Å². The van der Waals surface area contributed by atoms with E-state index in [1.54, 1.807) is 0 Å². The van der Waals surface area contributed by atoms with E-state index in [1.807, 2.05) is 47.7 Å². The largest absolute Gasteiger partial charge is 0.340 e. The molecule has 3 heterocycles. The minimum absolute atomic E-state index is 0.108. The van der Waals surface area contributed by atoms with Gasteiger partial charge in [0, 0.05) is 64.6 Å². The van der Waals surface area contributed by atoms with Gasteiger partial charge in [0.15, 0.2) is 0 Å². The minimum atomic E-state index is -0.166. The van der Waals surface area contributed by atoms with Gasteiger partial charge in [-0.3, -0.25) is 14.5 Å². The minimum Gasteiger partial charge on any atom is -0.340 e. The lowest BCUT2D eigenvalue weighted by molar-refractivity contribution is -0.137. The van der Waals surface area contributed by atoms with E-state index in [1.165, 1.54) is 0 Å². The molecule has 0 N–H and O–H groups in total. The summed E-state index contributed by atoms with van der Waals surface area (Å²) in [6.45, 7) is 8.56. The molecule has 1 aromatic rings. The molecule has 7 nitrogen and oxygen atoms in total. The lowest BCUT2D eigenvalue weighted by atomic mass is 10.1. The number of amides is 2. The van der Waals surface area contributed by atoms with Gasteiger partial charge in [-0.15, -0.1) is 0 Å². The van der Waals surface area contributed by atoms with Gasteiger partial charge in [-0.05, 0) is 13.8 Å². The number of hydrogen-bond acceptors (Lipinski definition) is 4. The second-order valence-corrected chi connectivity index (χ2v) is 7.10. The number of likely N-dealkylation sites (tertiary alicyclic amines) is 1. The molecule has 0 aromatic carbocycles. The van der Waals surface area contributed by atoms with Crippen LogP contribution in [0.25, 0.3) is 0 Å². The van der Waals surface area contributed by atoms with E-state index in [-0.39, 0.29) is 23.8 Å². The van der Waals surface area contributed by atoms with Gasteiger partial charge in [-0.1, -0.05) is 0 Å². The summed E-state index contributed by atoms with van der Waals surface area (Å²) < 4.78 is 2.03. The first-order valence-electron chi connectivity index (χ1n) is 8.72. The smallest absolute Gasteiger partial charge is 0.228 e. The lowest BCUT2D eigenvalue weighted by Gasteiger charge is -2.35. The Morgan fingerprint density at radius 2 is 2.00 bits per heavy atom. The van der Waals surface area contributed by atoms with Crippen molar-refractivity contribution in [3.05, 3.63) is 18.2 Å². The van der Waals surface area contributed by atoms with Crippen molar-refractivity contribution in [1.82, 2.24) is 24.3 Å². The molecule has 1 aromatic heterocycles. The van der Waals surface area contributed by atoms with E-state index in [4.69, 9.17) is 0 Å². The molecule has 0 bridgehead atoms. The van der Waals surface area contributed by atoms with Gasteiger partial charge in [0.05, 0.1) is 12.5 Å². The molecule has 2 saturated heterocycles. The van der Waals surface area contributed by atoms with E-state index in [9.17, 15) is 9.59 Å². The van der Waals surface area contributed by atoms with Gasteiger partial charge in [-0.2, -0.15) is 0 Å². The molecule has 1 atom stereocenters. The lowest BCUT2D eigenvalue weighted by Crippen LogP contribution is -2.50. The Bertz CT molecular complexity index is 604. The maximum absolute atomic E-state index is 12.7. The van der Waals surface area contributed by atoms with E-state index in [0.717, 1.165) is 38.5 Å². The van der Waals surface area contributed by atoms with E-state index in [2.05, 4.69) is 9.88 Å². The molecule has 2 aliphatic heterocycles. The topological polar surface area (TPSA) is 61.7 Å². The highest BCUT2D eigenvalue weighted by Crippen LogP contribution is 2.22. The summed E-state index contributed by atoms with van der Waals surface area (Å²) in [7, 11) is 2.00. The molecule has 3 rings (SSSR count). The second kappa shape index (κ2) is 6.93. The number of piperazine rings is 1. The zero-order chi connectivity index (χ0) is 17.3. The van der Waals surface area contributed by atoms with Gasteiger partial charge >= 0.3 is 0 Å². The summed E-state index contributed by atoms with van der Waals surface area (Å²) in [5, 5.41) is 0. The number of imidazole rings is 1. The fourth-order valence-electron chi connectivity index (χ4n) is 3.53. The normalized spacial score (nSPS) is 22.7. The third kappa shape index (κ3) is 3.45. The third-order valence-corrected chi connectivity index (χ3v) is 5.10. The number of carbonyl (C=O) groups is 2. The van der Waals surface area contributed by atoms with Crippen LogP contribution in [0.15, 0.2) is 12.4 Å². The quantitative estimate of drug-likeness (QED) is 0.796. The molecule has 0 spiro atoms. The molecule has 24 heavy (non-hydrogen) atoms. The van der Waals surface area contributed by atoms with Crippen molar-refractivity contribution >= 4 is 11.8 Å². The highest BCUT2D eigenvalue weighted by molar-refractivity contribution is 5.89. The van der Waals surface area contributed by atoms with Crippen LogP contribution in [0.2, 0.25) is 0 Å². The van der Waals surface area contributed by atoms with E-state index < -0.39 is 0 Å². The van der Waals surface area contributed by atoms with Crippen LogP contribution in [0.5, 0.6) is 0 Å². The first-order valence-corrected chi connectivity index (χ1v) is 8.72. The maximum Gasteiger partial charge on any atom is 0.228 e. The van der Waals surface area contributed by atoms with Crippen molar-refractivity contribution < 1.29 is 9.59 Å². The summed E-state index contributed by atoms with van der Waals surface area (Å²) in [4.78, 5) is 35.1. The van der Waals surface area contributed by atoms with Crippen molar-refractivity contribution in [1.29, 1.82) is 0 Å². The van der Waals surface area contributed by atoms with Gasteiger partial charge < -0.3 is 14.4 Å². The number of carbonyl (C=O) groups excluding carboxylic acids is 2. The Hall–Kier alpha value is -1.89. The van der Waals surface area contributed by atoms with E-state index in [0.29, 0.717) is 13.0 Å². The van der Waals surface area contributed by atoms with Crippen molar-refractivity contribution in [3.63, 3.8) is 0 Å². The molecule has 2 aliphatic rings. The molecule has 0 unspecified atom stereocenters. The summed E-state index contributed by atoms with van der Waals surface area (Å²) in [5.74, 6) is 1.13. The van der Waals surface area contributed by atoms with E-state index >= 15 is 0 Å². The standard InChI is InChI=1S/C17H27N5O2/c1-13(2)22-11-14(10-16(22)23)17(24)21-8-6-20(7-9-21)12-15-18-4-5-19(15)3/h4-5,13-14H,6-12H2,1-3H3/t14-/m1/s1. The molecule has 0 radical (unpaired) electrons. The van der Waals surface area contributed by atoms with Crippen LogP contribution in [0.4, 0.5) is 0 Å². The van der Waals surface area contributed by atoms with Crippen LogP contribution in [-0.2, 0) is 23.2 Å². The van der Waals surface area contributed by atoms with Gasteiger partial charge in [0.25, 0.3) is 0 Å². The summed E-state index contributed by atoms with van der Waals surface area (Å²) in [5.41, 5.74) is 0. The summed E-state index contributed by atoms with van der Waals surface area (Å²) in [6.07, 6.45) is 4.13. The predicted molar refractivity (Wildman–Crippen MR) is 90.0 cm³/mol.